The van der Waals surface area contributed by atoms with Crippen molar-refractivity contribution in [3.05, 3.63) is 38.7 Å². The van der Waals surface area contributed by atoms with Gasteiger partial charge in [-0.15, -0.1) is 0 Å². The molecule has 1 aromatic heterocycles. The molecule has 106 valence electrons. The first-order valence-corrected chi connectivity index (χ1v) is 6.20. The minimum Gasteiger partial charge on any atom is -0.504 e. The highest BCUT2D eigenvalue weighted by molar-refractivity contribution is 5.88. The number of hydrogen-bond acceptors (Lipinski definition) is 5. The molecule has 0 aliphatic rings. The van der Waals surface area contributed by atoms with Gasteiger partial charge in [-0.05, 0) is 12.5 Å². The Morgan fingerprint density at radius 3 is 2.85 bits per heavy atom. The third kappa shape index (κ3) is 2.56. The molecule has 1 heterocycles. The monoisotopic (exact) mass is 278 g/mol. The second-order valence-electron chi connectivity index (χ2n) is 4.32. The van der Waals surface area contributed by atoms with Crippen LogP contribution in [0.4, 0.5) is 5.69 Å². The Morgan fingerprint density at radius 1 is 1.45 bits per heavy atom. The van der Waals surface area contributed by atoms with Crippen LogP contribution in [0, 0.1) is 10.1 Å². The zero-order valence-corrected chi connectivity index (χ0v) is 10.9. The number of unbranched alkanes of at least 4 members (excludes halogenated alkanes) is 1. The van der Waals surface area contributed by atoms with Gasteiger partial charge in [-0.2, -0.15) is 0 Å². The summed E-state index contributed by atoms with van der Waals surface area (Å²) in [6.07, 6.45) is 1.66. The van der Waals surface area contributed by atoms with Crippen molar-refractivity contribution in [2.45, 2.75) is 19.8 Å². The maximum Gasteiger partial charge on any atom is 0.294 e. The Labute approximate surface area is 114 Å². The van der Waals surface area contributed by atoms with Gasteiger partial charge in [-0.1, -0.05) is 13.3 Å². The molecule has 7 heteroatoms. The number of pyridine rings is 1. The summed E-state index contributed by atoms with van der Waals surface area (Å²) in [4.78, 5) is 24.4. The molecule has 2 aromatic rings. The van der Waals surface area contributed by atoms with Crippen LogP contribution in [0.25, 0.3) is 10.9 Å². The number of nitro benzene ring substituents is 1. The molecule has 0 aliphatic heterocycles. The lowest BCUT2D eigenvalue weighted by Crippen LogP contribution is -2.12. The number of nitrogens with one attached hydrogen (secondary N) is 1. The molecular formula is C13H14N2O5. The lowest BCUT2D eigenvalue weighted by molar-refractivity contribution is -0.384. The molecule has 0 bridgehead atoms. The largest absolute Gasteiger partial charge is 0.504 e. The van der Waals surface area contributed by atoms with E-state index < -0.39 is 10.5 Å². The minimum absolute atomic E-state index is 0.153. The summed E-state index contributed by atoms with van der Waals surface area (Å²) in [7, 11) is 0. The highest BCUT2D eigenvalue weighted by atomic mass is 16.6. The highest BCUT2D eigenvalue weighted by Gasteiger charge is 2.15. The first kappa shape index (κ1) is 13.9. The van der Waals surface area contributed by atoms with Gasteiger partial charge in [0.2, 0.25) is 5.75 Å². The maximum absolute atomic E-state index is 11.8. The van der Waals surface area contributed by atoms with Gasteiger partial charge in [0.1, 0.15) is 0 Å². The molecule has 0 spiro atoms. The van der Waals surface area contributed by atoms with Crippen LogP contribution in [0.3, 0.4) is 0 Å². The molecule has 0 saturated heterocycles. The number of nitro groups is 1. The lowest BCUT2D eigenvalue weighted by Gasteiger charge is -2.08. The SMILES string of the molecule is CCCCOc1c(O)c2ccc([N+](=O)[O-])cc2[nH]c1=O. The Bertz CT molecular complexity index is 708. The third-order valence-electron chi connectivity index (χ3n) is 2.88. The van der Waals surface area contributed by atoms with Crippen LogP contribution in [0.2, 0.25) is 0 Å². The fourth-order valence-electron chi connectivity index (χ4n) is 1.82. The molecule has 0 fully saturated rings. The highest BCUT2D eigenvalue weighted by Crippen LogP contribution is 2.31. The van der Waals surface area contributed by atoms with Crippen LogP contribution in [0.5, 0.6) is 11.5 Å². The molecule has 20 heavy (non-hydrogen) atoms. The molecule has 2 N–H and O–H groups in total. The number of benzene rings is 1. The maximum atomic E-state index is 11.8. The summed E-state index contributed by atoms with van der Waals surface area (Å²) in [6, 6.07) is 3.84. The topological polar surface area (TPSA) is 105 Å². The van der Waals surface area contributed by atoms with Crippen LogP contribution >= 0.6 is 0 Å². The number of aromatic hydroxyl groups is 1. The Kier molecular flexibility index (Phi) is 3.88. The quantitative estimate of drug-likeness (QED) is 0.496. The van der Waals surface area contributed by atoms with Crippen LogP contribution in [-0.4, -0.2) is 21.6 Å². The number of non-ortho nitro benzene ring substituents is 1. The predicted molar refractivity (Wildman–Crippen MR) is 73.3 cm³/mol. The number of aromatic amines is 1. The molecule has 0 radical (unpaired) electrons. The van der Waals surface area contributed by atoms with Crippen LogP contribution < -0.4 is 10.3 Å². The van der Waals surface area contributed by atoms with Gasteiger partial charge in [0.25, 0.3) is 11.2 Å². The molecule has 0 aliphatic carbocycles. The first-order valence-electron chi connectivity index (χ1n) is 6.20. The average Bonchev–Trinajstić information content (AvgIpc) is 2.41. The standard InChI is InChI=1S/C13H14N2O5/c1-2-3-6-20-12-11(16)9-5-4-8(15(18)19)7-10(9)14-13(12)17/h4-5,7H,2-3,6H2,1H3,(H2,14,16,17). The van der Waals surface area contributed by atoms with E-state index in [1.54, 1.807) is 0 Å². The Morgan fingerprint density at radius 2 is 2.20 bits per heavy atom. The van der Waals surface area contributed by atoms with Crippen LogP contribution in [0.1, 0.15) is 19.8 Å². The second-order valence-corrected chi connectivity index (χ2v) is 4.32. The van der Waals surface area contributed by atoms with Gasteiger partial charge in [0.15, 0.2) is 5.75 Å². The van der Waals surface area contributed by atoms with E-state index in [-0.39, 0.29) is 22.7 Å². The second kappa shape index (κ2) is 5.60. The van der Waals surface area contributed by atoms with Gasteiger partial charge >= 0.3 is 0 Å². The van der Waals surface area contributed by atoms with Crippen LogP contribution in [0.15, 0.2) is 23.0 Å². The fraction of sp³-hybridized carbons (Fsp3) is 0.308. The summed E-state index contributed by atoms with van der Waals surface area (Å²) in [5, 5.41) is 21.0. The van der Waals surface area contributed by atoms with Crippen molar-refractivity contribution in [2.75, 3.05) is 6.61 Å². The van der Waals surface area contributed by atoms with E-state index in [4.69, 9.17) is 4.74 Å². The summed E-state index contributed by atoms with van der Waals surface area (Å²) in [6.45, 7) is 2.30. The molecule has 7 nitrogen and oxygen atoms in total. The van der Waals surface area contributed by atoms with Gasteiger partial charge in [-0.3, -0.25) is 14.9 Å². The number of fused-ring (bicyclic) bond motifs is 1. The fourth-order valence-corrected chi connectivity index (χ4v) is 1.82. The van der Waals surface area contributed by atoms with E-state index in [1.165, 1.54) is 18.2 Å². The summed E-state index contributed by atoms with van der Waals surface area (Å²) in [5.41, 5.74) is -0.566. The summed E-state index contributed by atoms with van der Waals surface area (Å²) in [5.74, 6) is -0.449. The smallest absolute Gasteiger partial charge is 0.294 e. The van der Waals surface area contributed by atoms with E-state index in [1.807, 2.05) is 6.92 Å². The van der Waals surface area contributed by atoms with Crippen molar-refractivity contribution in [1.82, 2.24) is 4.98 Å². The number of ether oxygens (including phenoxy) is 1. The average molecular weight is 278 g/mol. The molecule has 0 saturated carbocycles. The number of rotatable bonds is 5. The number of nitrogens with zero attached hydrogens (tertiary/aromatic N) is 1. The molecule has 2 rings (SSSR count). The van der Waals surface area contributed by atoms with Crippen molar-refractivity contribution in [2.24, 2.45) is 0 Å². The normalized spacial score (nSPS) is 10.7. The van der Waals surface area contributed by atoms with Crippen molar-refractivity contribution < 1.29 is 14.8 Å². The van der Waals surface area contributed by atoms with E-state index in [0.29, 0.717) is 12.0 Å². The zero-order valence-electron chi connectivity index (χ0n) is 10.9. The van der Waals surface area contributed by atoms with Crippen molar-refractivity contribution in [1.29, 1.82) is 0 Å². The lowest BCUT2D eigenvalue weighted by atomic mass is 10.2. The zero-order chi connectivity index (χ0) is 14.7. The number of hydrogen-bond donors (Lipinski definition) is 2. The summed E-state index contributed by atoms with van der Waals surface area (Å²) < 4.78 is 5.27. The van der Waals surface area contributed by atoms with Crippen LogP contribution in [-0.2, 0) is 0 Å². The van der Waals surface area contributed by atoms with E-state index in [0.717, 1.165) is 12.8 Å². The minimum atomic E-state index is -0.605. The van der Waals surface area contributed by atoms with Crippen molar-refractivity contribution in [3.63, 3.8) is 0 Å². The third-order valence-corrected chi connectivity index (χ3v) is 2.88. The van der Waals surface area contributed by atoms with E-state index in [2.05, 4.69) is 4.98 Å². The van der Waals surface area contributed by atoms with Crippen molar-refractivity contribution >= 4 is 16.6 Å². The number of H-pyrrole nitrogens is 1. The molecule has 1 aromatic carbocycles. The first-order chi connectivity index (χ1) is 9.54. The Hall–Kier alpha value is -2.57. The van der Waals surface area contributed by atoms with Gasteiger partial charge < -0.3 is 14.8 Å². The molecule has 0 amide bonds. The van der Waals surface area contributed by atoms with Gasteiger partial charge in [0.05, 0.1) is 17.0 Å². The molecule has 0 atom stereocenters. The Balaban J connectivity index is 2.50. The van der Waals surface area contributed by atoms with E-state index >= 15 is 0 Å². The van der Waals surface area contributed by atoms with Gasteiger partial charge in [0, 0.05) is 17.5 Å². The summed E-state index contributed by atoms with van der Waals surface area (Å²) >= 11 is 0. The van der Waals surface area contributed by atoms with Crippen molar-refractivity contribution in [3.8, 4) is 11.5 Å². The number of aromatic nitrogens is 1. The van der Waals surface area contributed by atoms with E-state index in [9.17, 15) is 20.0 Å². The van der Waals surface area contributed by atoms with Gasteiger partial charge in [-0.25, -0.2) is 0 Å². The molecular weight excluding hydrogens is 264 g/mol. The predicted octanol–water partition coefficient (Wildman–Crippen LogP) is 2.32. The molecule has 0 unspecified atom stereocenters.